The first-order chi connectivity index (χ1) is 8.75. The molecule has 3 saturated carbocycles. The number of esters is 1. The molecular formula is C17H28O2. The van der Waals surface area contributed by atoms with Crippen molar-refractivity contribution in [3.8, 4) is 0 Å². The molecule has 2 nitrogen and oxygen atoms in total. The highest BCUT2D eigenvalue weighted by atomic mass is 16.6. The molecule has 0 bridgehead atoms. The number of hydrogen-bond donors (Lipinski definition) is 0. The van der Waals surface area contributed by atoms with Gasteiger partial charge in [-0.25, -0.2) is 0 Å². The molecule has 0 heterocycles. The summed E-state index contributed by atoms with van der Waals surface area (Å²) in [6.07, 6.45) is 5.00. The van der Waals surface area contributed by atoms with E-state index >= 15 is 0 Å². The number of rotatable bonds is 1. The van der Waals surface area contributed by atoms with Crippen LogP contribution in [-0.2, 0) is 9.53 Å². The third-order valence-corrected chi connectivity index (χ3v) is 6.78. The molecule has 3 fully saturated rings. The van der Waals surface area contributed by atoms with E-state index in [1.807, 2.05) is 0 Å². The van der Waals surface area contributed by atoms with Crippen molar-refractivity contribution >= 4 is 5.97 Å². The first-order valence-corrected chi connectivity index (χ1v) is 7.95. The molecule has 19 heavy (non-hydrogen) atoms. The van der Waals surface area contributed by atoms with E-state index in [2.05, 4.69) is 27.7 Å². The van der Waals surface area contributed by atoms with E-state index in [0.717, 1.165) is 30.1 Å². The van der Waals surface area contributed by atoms with Crippen LogP contribution in [0.5, 0.6) is 0 Å². The van der Waals surface area contributed by atoms with Crippen LogP contribution in [-0.4, -0.2) is 11.6 Å². The maximum Gasteiger partial charge on any atom is 0.303 e. The average Bonchev–Trinajstić information content (AvgIpc) is 2.61. The van der Waals surface area contributed by atoms with Crippen LogP contribution in [0.2, 0.25) is 0 Å². The summed E-state index contributed by atoms with van der Waals surface area (Å²) in [7, 11) is 0. The maximum atomic E-state index is 11.6. The third kappa shape index (κ3) is 1.94. The molecule has 0 aromatic heterocycles. The zero-order valence-corrected chi connectivity index (χ0v) is 13.0. The van der Waals surface area contributed by atoms with Gasteiger partial charge in [-0.1, -0.05) is 27.2 Å². The van der Waals surface area contributed by atoms with Gasteiger partial charge in [0.1, 0.15) is 5.60 Å². The molecule has 0 amide bonds. The van der Waals surface area contributed by atoms with Crippen LogP contribution >= 0.6 is 0 Å². The van der Waals surface area contributed by atoms with Crippen molar-refractivity contribution in [1.82, 2.24) is 0 Å². The monoisotopic (exact) mass is 264 g/mol. The number of carbonyl (C=O) groups excluding carboxylic acids is 1. The second-order valence-electron chi connectivity index (χ2n) is 8.21. The highest BCUT2D eigenvalue weighted by Gasteiger charge is 2.65. The Kier molecular flexibility index (Phi) is 2.82. The van der Waals surface area contributed by atoms with Crippen molar-refractivity contribution in [3.05, 3.63) is 0 Å². The zero-order chi connectivity index (χ0) is 14.0. The molecule has 3 rings (SSSR count). The molecule has 3 aliphatic carbocycles. The summed E-state index contributed by atoms with van der Waals surface area (Å²) >= 11 is 0. The van der Waals surface area contributed by atoms with Crippen LogP contribution in [0.4, 0.5) is 0 Å². The molecule has 0 spiro atoms. The first kappa shape index (κ1) is 13.5. The Labute approximate surface area is 117 Å². The molecule has 0 aromatic rings. The fourth-order valence-electron chi connectivity index (χ4n) is 5.48. The predicted octanol–water partition coefficient (Wildman–Crippen LogP) is 4.04. The van der Waals surface area contributed by atoms with Gasteiger partial charge in [0.15, 0.2) is 0 Å². The van der Waals surface area contributed by atoms with E-state index in [1.54, 1.807) is 6.92 Å². The van der Waals surface area contributed by atoms with E-state index in [-0.39, 0.29) is 11.6 Å². The fraction of sp³-hybridized carbons (Fsp3) is 0.941. The van der Waals surface area contributed by atoms with E-state index < -0.39 is 0 Å². The highest BCUT2D eigenvalue weighted by molar-refractivity contribution is 5.66. The lowest BCUT2D eigenvalue weighted by Crippen LogP contribution is -2.42. The molecule has 0 aliphatic heterocycles. The van der Waals surface area contributed by atoms with Gasteiger partial charge < -0.3 is 4.74 Å². The van der Waals surface area contributed by atoms with Gasteiger partial charge in [0.05, 0.1) is 0 Å². The van der Waals surface area contributed by atoms with E-state index in [9.17, 15) is 4.79 Å². The number of ether oxygens (including phenoxy) is 1. The van der Waals surface area contributed by atoms with Gasteiger partial charge in [0, 0.05) is 12.8 Å². The molecule has 6 atom stereocenters. The third-order valence-electron chi connectivity index (χ3n) is 6.78. The SMILES string of the molecule is CC(=O)O[C@]1(C)C[C@@H]2[C@@H](C[C@@H]3[C@H](C)CC[C@H]31)C2(C)C. The van der Waals surface area contributed by atoms with Crippen LogP contribution in [0.25, 0.3) is 0 Å². The molecule has 0 aromatic carbocycles. The largest absolute Gasteiger partial charge is 0.459 e. The minimum atomic E-state index is -0.214. The lowest BCUT2D eigenvalue weighted by Gasteiger charge is -2.38. The topological polar surface area (TPSA) is 26.3 Å². The van der Waals surface area contributed by atoms with Gasteiger partial charge in [-0.2, -0.15) is 0 Å². The number of hydrogen-bond acceptors (Lipinski definition) is 2. The molecule has 108 valence electrons. The Balaban J connectivity index is 1.91. The van der Waals surface area contributed by atoms with Crippen LogP contribution in [0.3, 0.4) is 0 Å². The van der Waals surface area contributed by atoms with Crippen LogP contribution in [0.1, 0.15) is 60.3 Å². The van der Waals surface area contributed by atoms with E-state index in [4.69, 9.17) is 4.74 Å². The minimum absolute atomic E-state index is 0.0993. The lowest BCUT2D eigenvalue weighted by molar-refractivity contribution is -0.164. The number of carbonyl (C=O) groups is 1. The van der Waals surface area contributed by atoms with Crippen molar-refractivity contribution in [2.24, 2.45) is 35.0 Å². The van der Waals surface area contributed by atoms with Gasteiger partial charge in [-0.05, 0) is 55.3 Å². The van der Waals surface area contributed by atoms with Crippen molar-refractivity contribution in [2.45, 2.75) is 65.9 Å². The highest BCUT2D eigenvalue weighted by Crippen LogP contribution is 2.69. The minimum Gasteiger partial charge on any atom is -0.459 e. The standard InChI is InChI=1S/C17H28O2/c1-10-6-7-13-12(10)8-14-15(16(14,3)4)9-17(13,5)19-11(2)18/h10,12-15H,6-9H2,1-5H3/t10-,12-,13-,14-,15-,17-/m1/s1. The lowest BCUT2D eigenvalue weighted by atomic mass is 9.75. The van der Waals surface area contributed by atoms with Crippen LogP contribution in [0, 0.1) is 35.0 Å². The summed E-state index contributed by atoms with van der Waals surface area (Å²) in [4.78, 5) is 11.6. The Morgan fingerprint density at radius 3 is 2.42 bits per heavy atom. The Morgan fingerprint density at radius 2 is 1.79 bits per heavy atom. The molecule has 0 N–H and O–H groups in total. The number of fused-ring (bicyclic) bond motifs is 2. The maximum absolute atomic E-state index is 11.6. The Bertz CT molecular complexity index is 400. The predicted molar refractivity (Wildman–Crippen MR) is 75.5 cm³/mol. The fourth-order valence-corrected chi connectivity index (χ4v) is 5.48. The van der Waals surface area contributed by atoms with Crippen molar-refractivity contribution < 1.29 is 9.53 Å². The molecule has 0 saturated heterocycles. The zero-order valence-electron chi connectivity index (χ0n) is 13.0. The van der Waals surface area contributed by atoms with Crippen LogP contribution < -0.4 is 0 Å². The Morgan fingerprint density at radius 1 is 1.11 bits per heavy atom. The van der Waals surface area contributed by atoms with Crippen LogP contribution in [0.15, 0.2) is 0 Å². The summed E-state index contributed by atoms with van der Waals surface area (Å²) < 4.78 is 5.87. The van der Waals surface area contributed by atoms with Crippen molar-refractivity contribution in [1.29, 1.82) is 0 Å². The molecule has 0 radical (unpaired) electrons. The van der Waals surface area contributed by atoms with Gasteiger partial charge in [0.2, 0.25) is 0 Å². The quantitative estimate of drug-likeness (QED) is 0.668. The van der Waals surface area contributed by atoms with Gasteiger partial charge in [-0.15, -0.1) is 0 Å². The summed E-state index contributed by atoms with van der Waals surface area (Å²) in [5.41, 5.74) is 0.253. The van der Waals surface area contributed by atoms with Gasteiger partial charge in [-0.3, -0.25) is 4.79 Å². The summed E-state index contributed by atoms with van der Waals surface area (Å²) in [5, 5.41) is 0. The molecule has 2 heteroatoms. The second kappa shape index (κ2) is 3.99. The summed E-state index contributed by atoms with van der Waals surface area (Å²) in [6.45, 7) is 11.0. The molecule has 0 unspecified atom stereocenters. The van der Waals surface area contributed by atoms with Crippen molar-refractivity contribution in [3.63, 3.8) is 0 Å². The van der Waals surface area contributed by atoms with Gasteiger partial charge >= 0.3 is 5.97 Å². The normalized spacial score (nSPS) is 50.9. The summed E-state index contributed by atoms with van der Waals surface area (Å²) in [5.74, 6) is 3.68. The van der Waals surface area contributed by atoms with Crippen molar-refractivity contribution in [2.75, 3.05) is 0 Å². The van der Waals surface area contributed by atoms with E-state index in [0.29, 0.717) is 11.3 Å². The average molecular weight is 264 g/mol. The van der Waals surface area contributed by atoms with E-state index in [1.165, 1.54) is 19.3 Å². The molecular weight excluding hydrogens is 236 g/mol. The first-order valence-electron chi connectivity index (χ1n) is 7.95. The van der Waals surface area contributed by atoms with Gasteiger partial charge in [0.25, 0.3) is 0 Å². The Hall–Kier alpha value is -0.530. The summed E-state index contributed by atoms with van der Waals surface area (Å²) in [6, 6.07) is 0. The smallest absolute Gasteiger partial charge is 0.303 e. The second-order valence-corrected chi connectivity index (χ2v) is 8.21. The molecule has 3 aliphatic rings.